The monoisotopic (exact) mass is 490 g/mol. The van der Waals surface area contributed by atoms with E-state index in [4.69, 9.17) is 4.74 Å². The Morgan fingerprint density at radius 2 is 1.66 bits per heavy atom. The number of aromatic carboxylic acids is 1. The van der Waals surface area contributed by atoms with E-state index >= 15 is 0 Å². The van der Waals surface area contributed by atoms with Crippen LogP contribution in [0.3, 0.4) is 0 Å². The summed E-state index contributed by atoms with van der Waals surface area (Å²) in [7, 11) is 0. The quantitative estimate of drug-likeness (QED) is 0.190. The Morgan fingerprint density at radius 1 is 0.971 bits per heavy atom. The summed E-state index contributed by atoms with van der Waals surface area (Å²) < 4.78 is 20.8. The molecular formula is C29H27FO4S. The summed E-state index contributed by atoms with van der Waals surface area (Å²) in [6.45, 7) is 5.59. The summed E-state index contributed by atoms with van der Waals surface area (Å²) in [5, 5.41) is 10.1. The molecular weight excluding hydrogens is 463 g/mol. The highest BCUT2D eigenvalue weighted by Crippen LogP contribution is 2.42. The van der Waals surface area contributed by atoms with Crippen molar-refractivity contribution in [3.8, 4) is 11.5 Å². The van der Waals surface area contributed by atoms with Gasteiger partial charge in [0.15, 0.2) is 5.75 Å². The van der Waals surface area contributed by atoms with Crippen molar-refractivity contribution in [2.45, 2.75) is 46.5 Å². The van der Waals surface area contributed by atoms with Gasteiger partial charge in [0.1, 0.15) is 16.4 Å². The van der Waals surface area contributed by atoms with Crippen molar-refractivity contribution in [1.82, 2.24) is 0 Å². The summed E-state index contributed by atoms with van der Waals surface area (Å²) in [6, 6.07) is 15.2. The molecule has 35 heavy (non-hydrogen) atoms. The summed E-state index contributed by atoms with van der Waals surface area (Å²) >= 11 is 1.18. The SMILES string of the molecule is CCCCCc1ccc(Oc2c(C(=O)c3c(C)cc(F)cc3C)sc3cc(C(=O)O)ccc23)cc1. The number of unbranched alkanes of at least 4 members (excludes halogenated alkanes) is 2. The standard InChI is InChI=1S/C29H27FO4S/c1-4-5-6-7-19-8-11-22(12-9-19)34-27-23-13-10-20(29(32)33)16-24(23)35-28(27)26(31)25-17(2)14-21(30)15-18(25)3/h8-16H,4-7H2,1-3H3,(H,32,33). The molecule has 1 N–H and O–H groups in total. The second kappa shape index (κ2) is 10.4. The maximum absolute atomic E-state index is 13.9. The number of carboxylic acid groups (broad SMARTS) is 1. The van der Waals surface area contributed by atoms with Crippen LogP contribution in [-0.2, 0) is 6.42 Å². The first-order valence-electron chi connectivity index (χ1n) is 11.7. The third kappa shape index (κ3) is 5.28. The Hall–Kier alpha value is -3.51. The lowest BCUT2D eigenvalue weighted by molar-refractivity contribution is 0.0697. The Bertz CT molecular complexity index is 1380. The second-order valence-electron chi connectivity index (χ2n) is 8.72. The maximum Gasteiger partial charge on any atom is 0.335 e. The van der Waals surface area contributed by atoms with Gasteiger partial charge in [0.2, 0.25) is 5.78 Å². The lowest BCUT2D eigenvalue weighted by Crippen LogP contribution is -2.06. The topological polar surface area (TPSA) is 63.6 Å². The molecule has 6 heteroatoms. The third-order valence-corrected chi connectivity index (χ3v) is 7.17. The highest BCUT2D eigenvalue weighted by molar-refractivity contribution is 7.21. The van der Waals surface area contributed by atoms with Gasteiger partial charge >= 0.3 is 5.97 Å². The Labute approximate surface area is 208 Å². The number of carbonyl (C=O) groups is 2. The van der Waals surface area contributed by atoms with Crippen LogP contribution in [-0.4, -0.2) is 16.9 Å². The average Bonchev–Trinajstić information content (AvgIpc) is 3.17. The van der Waals surface area contributed by atoms with Crippen LogP contribution in [0, 0.1) is 19.7 Å². The number of rotatable bonds is 9. The van der Waals surface area contributed by atoms with Crippen LogP contribution in [0.4, 0.5) is 4.39 Å². The van der Waals surface area contributed by atoms with E-state index in [-0.39, 0.29) is 11.3 Å². The van der Waals surface area contributed by atoms with Crippen molar-refractivity contribution < 1.29 is 23.8 Å². The first-order valence-corrected chi connectivity index (χ1v) is 12.5. The average molecular weight is 491 g/mol. The number of ether oxygens (including phenoxy) is 1. The minimum absolute atomic E-state index is 0.134. The molecule has 0 radical (unpaired) electrons. The molecule has 3 aromatic carbocycles. The minimum Gasteiger partial charge on any atom is -0.478 e. The molecule has 4 aromatic rings. The van der Waals surface area contributed by atoms with E-state index in [0.29, 0.717) is 43.2 Å². The first-order chi connectivity index (χ1) is 16.8. The minimum atomic E-state index is -1.04. The number of thiophene rings is 1. The zero-order valence-corrected chi connectivity index (χ0v) is 20.8. The summed E-state index contributed by atoms with van der Waals surface area (Å²) in [4.78, 5) is 25.5. The van der Waals surface area contributed by atoms with Gasteiger partial charge in [-0.15, -0.1) is 11.3 Å². The van der Waals surface area contributed by atoms with Crippen LogP contribution in [0.25, 0.3) is 10.1 Å². The number of aryl methyl sites for hydroxylation is 3. The zero-order chi connectivity index (χ0) is 25.1. The fourth-order valence-electron chi connectivity index (χ4n) is 4.26. The molecule has 0 bridgehead atoms. The van der Waals surface area contributed by atoms with E-state index in [1.165, 1.54) is 47.9 Å². The van der Waals surface area contributed by atoms with E-state index in [2.05, 4.69) is 6.92 Å². The van der Waals surface area contributed by atoms with Gasteiger partial charge in [0, 0.05) is 15.6 Å². The molecule has 0 unspecified atom stereocenters. The Morgan fingerprint density at radius 3 is 2.29 bits per heavy atom. The molecule has 0 aliphatic rings. The van der Waals surface area contributed by atoms with Crippen molar-refractivity contribution in [3.63, 3.8) is 0 Å². The molecule has 0 saturated heterocycles. The predicted octanol–water partition coefficient (Wildman–Crippen LogP) is 8.11. The van der Waals surface area contributed by atoms with Crippen molar-refractivity contribution >= 4 is 33.2 Å². The van der Waals surface area contributed by atoms with Crippen molar-refractivity contribution in [1.29, 1.82) is 0 Å². The largest absolute Gasteiger partial charge is 0.478 e. The fraction of sp³-hybridized carbons (Fsp3) is 0.241. The molecule has 180 valence electrons. The van der Waals surface area contributed by atoms with Crippen LogP contribution < -0.4 is 4.74 Å². The van der Waals surface area contributed by atoms with Gasteiger partial charge in [-0.2, -0.15) is 0 Å². The molecule has 0 amide bonds. The van der Waals surface area contributed by atoms with Crippen LogP contribution >= 0.6 is 11.3 Å². The number of carbonyl (C=O) groups excluding carboxylic acids is 1. The maximum atomic E-state index is 13.9. The van der Waals surface area contributed by atoms with E-state index in [0.717, 1.165) is 12.8 Å². The van der Waals surface area contributed by atoms with E-state index in [1.807, 2.05) is 24.3 Å². The Kier molecular flexibility index (Phi) is 7.31. The lowest BCUT2D eigenvalue weighted by Gasteiger charge is -2.11. The van der Waals surface area contributed by atoms with Crippen LogP contribution in [0.5, 0.6) is 11.5 Å². The van der Waals surface area contributed by atoms with Crippen LogP contribution in [0.15, 0.2) is 54.6 Å². The molecule has 4 rings (SSSR count). The smallest absolute Gasteiger partial charge is 0.335 e. The molecule has 0 aliphatic heterocycles. The van der Waals surface area contributed by atoms with E-state index in [9.17, 15) is 19.1 Å². The van der Waals surface area contributed by atoms with Gasteiger partial charge in [-0.3, -0.25) is 4.79 Å². The molecule has 1 heterocycles. The van der Waals surface area contributed by atoms with Gasteiger partial charge in [-0.1, -0.05) is 31.9 Å². The van der Waals surface area contributed by atoms with Gasteiger partial charge in [0.25, 0.3) is 0 Å². The van der Waals surface area contributed by atoms with Gasteiger partial charge in [-0.05, 0) is 85.8 Å². The summed E-state index contributed by atoms with van der Waals surface area (Å²) in [6.07, 6.45) is 4.48. The number of ketones is 1. The van der Waals surface area contributed by atoms with Crippen LogP contribution in [0.1, 0.15) is 68.5 Å². The summed E-state index contributed by atoms with van der Waals surface area (Å²) in [5.74, 6) is -0.736. The zero-order valence-electron chi connectivity index (χ0n) is 20.0. The number of fused-ring (bicyclic) bond motifs is 1. The highest BCUT2D eigenvalue weighted by Gasteiger charge is 2.25. The molecule has 0 aliphatic carbocycles. The van der Waals surface area contributed by atoms with E-state index < -0.39 is 11.8 Å². The number of benzene rings is 3. The molecule has 1 aromatic heterocycles. The highest BCUT2D eigenvalue weighted by atomic mass is 32.1. The predicted molar refractivity (Wildman–Crippen MR) is 138 cm³/mol. The normalized spacial score (nSPS) is 11.1. The number of hydrogen-bond donors (Lipinski definition) is 1. The second-order valence-corrected chi connectivity index (χ2v) is 9.78. The number of halogens is 1. The summed E-state index contributed by atoms with van der Waals surface area (Å²) in [5.41, 5.74) is 2.86. The van der Waals surface area contributed by atoms with Gasteiger partial charge in [-0.25, -0.2) is 9.18 Å². The van der Waals surface area contributed by atoms with E-state index in [1.54, 1.807) is 26.0 Å². The van der Waals surface area contributed by atoms with Crippen molar-refractivity contribution in [2.24, 2.45) is 0 Å². The molecule has 0 atom stereocenters. The molecule has 0 fully saturated rings. The fourth-order valence-corrected chi connectivity index (χ4v) is 5.38. The first kappa shape index (κ1) is 24.6. The third-order valence-electron chi connectivity index (χ3n) is 6.03. The molecule has 0 saturated carbocycles. The van der Waals surface area contributed by atoms with Crippen molar-refractivity contribution in [3.05, 3.63) is 93.1 Å². The van der Waals surface area contributed by atoms with Crippen molar-refractivity contribution in [2.75, 3.05) is 0 Å². The number of carboxylic acids is 1. The Balaban J connectivity index is 1.77. The molecule has 4 nitrogen and oxygen atoms in total. The molecule has 0 spiro atoms. The number of hydrogen-bond acceptors (Lipinski definition) is 4. The van der Waals surface area contributed by atoms with Crippen LogP contribution in [0.2, 0.25) is 0 Å². The van der Waals surface area contributed by atoms with Gasteiger partial charge < -0.3 is 9.84 Å². The van der Waals surface area contributed by atoms with Gasteiger partial charge in [0.05, 0.1) is 5.56 Å². The lowest BCUT2D eigenvalue weighted by atomic mass is 9.97.